The Morgan fingerprint density at radius 1 is 1.06 bits per heavy atom. The third-order valence-corrected chi connectivity index (χ3v) is 5.77. The van der Waals surface area contributed by atoms with E-state index in [9.17, 15) is 14.4 Å². The Hall–Kier alpha value is -3.88. The fourth-order valence-electron chi connectivity index (χ4n) is 3.74. The molecule has 0 aliphatic rings. The van der Waals surface area contributed by atoms with Gasteiger partial charge in [0.1, 0.15) is 17.5 Å². The summed E-state index contributed by atoms with van der Waals surface area (Å²) < 4.78 is 16.2. The lowest BCUT2D eigenvalue weighted by atomic mass is 10.1. The summed E-state index contributed by atoms with van der Waals surface area (Å²) in [7, 11) is 0. The van der Waals surface area contributed by atoms with Crippen LogP contribution in [0.1, 0.15) is 16.7 Å². The van der Waals surface area contributed by atoms with Crippen LogP contribution in [-0.4, -0.2) is 17.0 Å². The molecule has 0 atom stereocenters. The van der Waals surface area contributed by atoms with E-state index in [2.05, 4.69) is 5.32 Å². The second-order valence-corrected chi connectivity index (χ2v) is 8.00. The van der Waals surface area contributed by atoms with Gasteiger partial charge in [-0.25, -0.2) is 4.39 Å². The molecule has 0 fully saturated rings. The standard InChI is InChI=1S/C27H21ClFN3O/c28-24-10-6-11-25(29)23(24)18-32-17-21(22-9-4-5-12-26(22)32)15-20(16-30)27(33)31-14-13-19-7-2-1-3-8-19/h1-12,15,17H,13-14,18H2,(H,31,33)/b20-15-. The monoisotopic (exact) mass is 457 g/mol. The summed E-state index contributed by atoms with van der Waals surface area (Å²) in [5.41, 5.74) is 3.05. The van der Waals surface area contributed by atoms with Crippen molar-refractivity contribution in [1.29, 1.82) is 5.26 Å². The van der Waals surface area contributed by atoms with E-state index in [4.69, 9.17) is 11.6 Å². The Bertz CT molecular complexity index is 1350. The summed E-state index contributed by atoms with van der Waals surface area (Å²) in [6.45, 7) is 0.653. The van der Waals surface area contributed by atoms with Crippen molar-refractivity contribution in [2.24, 2.45) is 0 Å². The van der Waals surface area contributed by atoms with Crippen LogP contribution in [0.2, 0.25) is 5.02 Å². The first-order chi connectivity index (χ1) is 16.1. The third-order valence-electron chi connectivity index (χ3n) is 5.42. The van der Waals surface area contributed by atoms with Crippen molar-refractivity contribution in [3.05, 3.63) is 112 Å². The topological polar surface area (TPSA) is 57.8 Å². The normalized spacial score (nSPS) is 11.4. The highest BCUT2D eigenvalue weighted by Crippen LogP contribution is 2.27. The van der Waals surface area contributed by atoms with Gasteiger partial charge in [-0.15, -0.1) is 0 Å². The van der Waals surface area contributed by atoms with E-state index in [0.717, 1.165) is 16.5 Å². The number of nitriles is 1. The molecule has 0 spiro atoms. The van der Waals surface area contributed by atoms with Crippen LogP contribution < -0.4 is 5.32 Å². The van der Waals surface area contributed by atoms with Crippen molar-refractivity contribution >= 4 is 34.5 Å². The fourth-order valence-corrected chi connectivity index (χ4v) is 3.96. The molecule has 0 bridgehead atoms. The maximum Gasteiger partial charge on any atom is 0.261 e. The minimum atomic E-state index is -0.428. The molecular weight excluding hydrogens is 437 g/mol. The van der Waals surface area contributed by atoms with Gasteiger partial charge in [-0.05, 0) is 36.3 Å². The Kier molecular flexibility index (Phi) is 6.87. The Morgan fingerprint density at radius 2 is 1.82 bits per heavy atom. The van der Waals surface area contributed by atoms with Crippen molar-refractivity contribution in [3.8, 4) is 6.07 Å². The molecule has 3 aromatic carbocycles. The van der Waals surface area contributed by atoms with Gasteiger partial charge in [0.25, 0.3) is 5.91 Å². The second kappa shape index (κ2) is 10.2. The van der Waals surface area contributed by atoms with E-state index in [0.29, 0.717) is 29.1 Å². The highest BCUT2D eigenvalue weighted by molar-refractivity contribution is 6.31. The summed E-state index contributed by atoms with van der Waals surface area (Å²) >= 11 is 6.22. The molecule has 4 aromatic rings. The maximum absolute atomic E-state index is 14.3. The zero-order chi connectivity index (χ0) is 23.2. The number of aromatic nitrogens is 1. The van der Waals surface area contributed by atoms with E-state index in [1.165, 1.54) is 6.07 Å². The van der Waals surface area contributed by atoms with Crippen molar-refractivity contribution in [2.75, 3.05) is 6.54 Å². The quantitative estimate of drug-likeness (QED) is 0.284. The van der Waals surface area contributed by atoms with Gasteiger partial charge >= 0.3 is 0 Å². The van der Waals surface area contributed by atoms with Gasteiger partial charge in [0.2, 0.25) is 0 Å². The van der Waals surface area contributed by atoms with Crippen LogP contribution in [0.25, 0.3) is 17.0 Å². The fraction of sp³-hybridized carbons (Fsp3) is 0.111. The first kappa shape index (κ1) is 22.3. The van der Waals surface area contributed by atoms with E-state index in [-0.39, 0.29) is 17.9 Å². The van der Waals surface area contributed by atoms with Gasteiger partial charge in [-0.1, -0.05) is 66.2 Å². The number of fused-ring (bicyclic) bond motifs is 1. The molecule has 4 nitrogen and oxygen atoms in total. The highest BCUT2D eigenvalue weighted by atomic mass is 35.5. The lowest BCUT2D eigenvalue weighted by Gasteiger charge is -2.08. The van der Waals surface area contributed by atoms with E-state index >= 15 is 0 Å². The predicted octanol–water partition coefficient (Wildman–Crippen LogP) is 5.75. The second-order valence-electron chi connectivity index (χ2n) is 7.59. The molecule has 33 heavy (non-hydrogen) atoms. The number of carbonyl (C=O) groups excluding carboxylic acids is 1. The molecule has 164 valence electrons. The minimum absolute atomic E-state index is 0.00916. The molecular formula is C27H21ClFN3O. The number of amides is 1. The molecule has 4 rings (SSSR count). The lowest BCUT2D eigenvalue weighted by molar-refractivity contribution is -0.117. The highest BCUT2D eigenvalue weighted by Gasteiger charge is 2.14. The first-order valence-electron chi connectivity index (χ1n) is 10.5. The van der Waals surface area contributed by atoms with Crippen molar-refractivity contribution in [2.45, 2.75) is 13.0 Å². The smallest absolute Gasteiger partial charge is 0.261 e. The van der Waals surface area contributed by atoms with Crippen LogP contribution in [0.5, 0.6) is 0 Å². The maximum atomic E-state index is 14.3. The molecule has 1 aromatic heterocycles. The number of halogens is 2. The number of para-hydroxylation sites is 1. The summed E-state index contributed by atoms with van der Waals surface area (Å²) in [5.74, 6) is -0.810. The van der Waals surface area contributed by atoms with Crippen LogP contribution in [-0.2, 0) is 17.8 Å². The van der Waals surface area contributed by atoms with Crippen molar-refractivity contribution < 1.29 is 9.18 Å². The number of hydrogen-bond donors (Lipinski definition) is 1. The number of nitrogens with one attached hydrogen (secondary N) is 1. The lowest BCUT2D eigenvalue weighted by Crippen LogP contribution is -2.26. The van der Waals surface area contributed by atoms with Crippen molar-refractivity contribution in [3.63, 3.8) is 0 Å². The molecule has 0 aliphatic heterocycles. The van der Waals surface area contributed by atoms with Crippen LogP contribution in [0.15, 0.2) is 84.6 Å². The largest absolute Gasteiger partial charge is 0.351 e. The molecule has 1 amide bonds. The van der Waals surface area contributed by atoms with Gasteiger partial charge in [0, 0.05) is 39.8 Å². The van der Waals surface area contributed by atoms with E-state index in [1.807, 2.05) is 71.4 Å². The van der Waals surface area contributed by atoms with E-state index in [1.54, 1.807) is 18.2 Å². The number of carbonyl (C=O) groups is 1. The average molecular weight is 458 g/mol. The number of benzene rings is 3. The number of hydrogen-bond acceptors (Lipinski definition) is 2. The van der Waals surface area contributed by atoms with E-state index < -0.39 is 5.91 Å². The third kappa shape index (κ3) is 5.14. The van der Waals surface area contributed by atoms with Crippen LogP contribution in [0.3, 0.4) is 0 Å². The number of nitrogens with zero attached hydrogens (tertiary/aromatic N) is 2. The summed E-state index contributed by atoms with van der Waals surface area (Å²) in [5, 5.41) is 13.6. The SMILES string of the molecule is N#C/C(=C/c1cn(Cc2c(F)cccc2Cl)c2ccccc12)C(=O)NCCc1ccccc1. The van der Waals surface area contributed by atoms with Crippen LogP contribution in [0, 0.1) is 17.1 Å². The molecule has 0 saturated heterocycles. The van der Waals surface area contributed by atoms with Gasteiger partial charge in [-0.2, -0.15) is 5.26 Å². The molecule has 0 saturated carbocycles. The Labute approximate surface area is 196 Å². The zero-order valence-electron chi connectivity index (χ0n) is 17.8. The average Bonchev–Trinajstić information content (AvgIpc) is 3.18. The van der Waals surface area contributed by atoms with Gasteiger partial charge in [0.05, 0.1) is 6.54 Å². The van der Waals surface area contributed by atoms with Crippen LogP contribution >= 0.6 is 11.6 Å². The van der Waals surface area contributed by atoms with Crippen LogP contribution in [0.4, 0.5) is 4.39 Å². The molecule has 1 heterocycles. The predicted molar refractivity (Wildman–Crippen MR) is 129 cm³/mol. The van der Waals surface area contributed by atoms with Gasteiger partial charge in [0.15, 0.2) is 0 Å². The summed E-state index contributed by atoms with van der Waals surface area (Å²) in [6, 6.07) is 24.0. The molecule has 0 unspecified atom stereocenters. The van der Waals surface area contributed by atoms with Crippen molar-refractivity contribution in [1.82, 2.24) is 9.88 Å². The Morgan fingerprint density at radius 3 is 2.58 bits per heavy atom. The minimum Gasteiger partial charge on any atom is -0.351 e. The summed E-state index contributed by atoms with van der Waals surface area (Å²) in [6.07, 6.45) is 4.05. The molecule has 0 aliphatic carbocycles. The van der Waals surface area contributed by atoms with Gasteiger partial charge in [-0.3, -0.25) is 4.79 Å². The first-order valence-corrected chi connectivity index (χ1v) is 10.9. The molecule has 1 N–H and O–H groups in total. The molecule has 6 heteroatoms. The summed E-state index contributed by atoms with van der Waals surface area (Å²) in [4.78, 5) is 12.6. The Balaban J connectivity index is 1.59. The number of rotatable bonds is 7. The van der Waals surface area contributed by atoms with Gasteiger partial charge < -0.3 is 9.88 Å². The molecule has 0 radical (unpaired) electrons. The zero-order valence-corrected chi connectivity index (χ0v) is 18.5.